The van der Waals surface area contributed by atoms with Crippen molar-refractivity contribution in [3.8, 4) is 0 Å². The number of rotatable bonds is 2. The van der Waals surface area contributed by atoms with E-state index in [0.29, 0.717) is 23.4 Å². The molecule has 1 heterocycles. The smallest absolute Gasteiger partial charge is 0.166 e. The number of hydrogen-bond donors (Lipinski definition) is 0. The van der Waals surface area contributed by atoms with E-state index in [1.807, 2.05) is 0 Å². The predicted molar refractivity (Wildman–Crippen MR) is 73.1 cm³/mol. The van der Waals surface area contributed by atoms with Crippen LogP contribution >= 0.6 is 0 Å². The molecule has 0 fully saturated rings. The van der Waals surface area contributed by atoms with Gasteiger partial charge in [-0.05, 0) is 37.0 Å². The van der Waals surface area contributed by atoms with Gasteiger partial charge in [-0.3, -0.25) is 4.79 Å². The number of fused-ring (bicyclic) bond motifs is 1. The summed E-state index contributed by atoms with van der Waals surface area (Å²) in [5.41, 5.74) is 1.81. The van der Waals surface area contributed by atoms with E-state index in [-0.39, 0.29) is 12.2 Å². The molecule has 1 aromatic carbocycles. The molecule has 1 aliphatic carbocycles. The Morgan fingerprint density at radius 1 is 1.05 bits per heavy atom. The molecule has 0 saturated carbocycles. The van der Waals surface area contributed by atoms with E-state index < -0.39 is 11.6 Å². The molecule has 0 unspecified atom stereocenters. The van der Waals surface area contributed by atoms with Gasteiger partial charge in [0.1, 0.15) is 17.5 Å². The lowest BCUT2D eigenvalue weighted by Crippen LogP contribution is -2.07. The number of Topliss-reactive ketones (excluding diaryl/α,β-unsaturated/α-hetero) is 1. The maximum atomic E-state index is 13.2. The summed E-state index contributed by atoms with van der Waals surface area (Å²) in [5.74, 6) is -0.677. The van der Waals surface area contributed by atoms with Crippen molar-refractivity contribution in [2.45, 2.75) is 32.1 Å². The van der Waals surface area contributed by atoms with Crippen LogP contribution < -0.4 is 0 Å². The predicted octanol–water partition coefficient (Wildman–Crippen LogP) is 3.25. The van der Waals surface area contributed by atoms with Gasteiger partial charge in [0.25, 0.3) is 0 Å². The van der Waals surface area contributed by atoms with Crippen LogP contribution in [0, 0.1) is 11.6 Å². The molecule has 0 bridgehead atoms. The van der Waals surface area contributed by atoms with E-state index in [0.717, 1.165) is 31.0 Å². The average Bonchev–Trinajstić information content (AvgIpc) is 2.59. The van der Waals surface area contributed by atoms with Crippen LogP contribution in [0.2, 0.25) is 0 Å². The molecule has 5 heteroatoms. The molecule has 0 N–H and O–H groups in total. The highest BCUT2D eigenvalue weighted by molar-refractivity contribution is 5.97. The third-order valence-electron chi connectivity index (χ3n) is 3.57. The van der Waals surface area contributed by atoms with E-state index in [2.05, 4.69) is 9.97 Å². The second kappa shape index (κ2) is 5.68. The van der Waals surface area contributed by atoms with Gasteiger partial charge in [-0.1, -0.05) is 0 Å². The third kappa shape index (κ3) is 3.12. The molecular weight excluding hydrogens is 274 g/mol. The number of carbonyl (C=O) groups is 1. The largest absolute Gasteiger partial charge is 0.294 e. The average molecular weight is 288 g/mol. The Labute approximate surface area is 121 Å². The lowest BCUT2D eigenvalue weighted by atomic mass is 10.1. The van der Waals surface area contributed by atoms with Crippen LogP contribution in [0.15, 0.2) is 24.4 Å². The van der Waals surface area contributed by atoms with E-state index in [4.69, 9.17) is 0 Å². The molecule has 3 rings (SSSR count). The Morgan fingerprint density at radius 2 is 1.76 bits per heavy atom. The number of nitrogens with zero attached hydrogens (tertiary/aromatic N) is 2. The highest BCUT2D eigenvalue weighted by Gasteiger charge is 2.18. The molecule has 0 aliphatic heterocycles. The fourth-order valence-corrected chi connectivity index (χ4v) is 2.58. The zero-order chi connectivity index (χ0) is 14.8. The number of aryl methyl sites for hydroxylation is 1. The number of benzene rings is 1. The molecule has 1 aliphatic rings. The van der Waals surface area contributed by atoms with Crippen molar-refractivity contribution in [3.05, 3.63) is 58.7 Å². The topological polar surface area (TPSA) is 42.9 Å². The van der Waals surface area contributed by atoms with Gasteiger partial charge in [-0.2, -0.15) is 0 Å². The number of carbonyl (C=O) groups excluding carboxylic acids is 1. The van der Waals surface area contributed by atoms with E-state index in [1.54, 1.807) is 6.20 Å². The Hall–Kier alpha value is -2.17. The van der Waals surface area contributed by atoms with Crippen molar-refractivity contribution in [1.82, 2.24) is 9.97 Å². The van der Waals surface area contributed by atoms with Crippen LogP contribution in [0.3, 0.4) is 0 Å². The minimum atomic E-state index is -0.616. The summed E-state index contributed by atoms with van der Waals surface area (Å²) in [5, 5.41) is 0. The molecule has 21 heavy (non-hydrogen) atoms. The monoisotopic (exact) mass is 288 g/mol. The number of halogens is 2. The van der Waals surface area contributed by atoms with E-state index in [1.165, 1.54) is 12.1 Å². The summed E-state index contributed by atoms with van der Waals surface area (Å²) < 4.78 is 26.4. The molecule has 0 radical (unpaired) electrons. The van der Waals surface area contributed by atoms with Crippen molar-refractivity contribution in [1.29, 1.82) is 0 Å². The normalized spacial score (nSPS) is 14.7. The minimum absolute atomic E-state index is 0.0749. The first-order valence-electron chi connectivity index (χ1n) is 6.95. The van der Waals surface area contributed by atoms with Crippen LogP contribution in [0.1, 0.15) is 46.7 Å². The fourth-order valence-electron chi connectivity index (χ4n) is 2.58. The van der Waals surface area contributed by atoms with Gasteiger partial charge >= 0.3 is 0 Å². The van der Waals surface area contributed by atoms with Crippen molar-refractivity contribution in [3.63, 3.8) is 0 Å². The molecule has 1 aromatic heterocycles. The summed E-state index contributed by atoms with van der Waals surface area (Å²) in [6.07, 6.45) is 4.85. The molecule has 2 aromatic rings. The zero-order valence-corrected chi connectivity index (χ0v) is 11.4. The second-order valence-corrected chi connectivity index (χ2v) is 5.23. The zero-order valence-electron chi connectivity index (χ0n) is 11.4. The minimum Gasteiger partial charge on any atom is -0.294 e. The first kappa shape index (κ1) is 13.8. The third-order valence-corrected chi connectivity index (χ3v) is 3.57. The quantitative estimate of drug-likeness (QED) is 0.797. The highest BCUT2D eigenvalue weighted by atomic mass is 19.1. The Balaban J connectivity index is 1.90. The summed E-state index contributed by atoms with van der Waals surface area (Å²) in [4.78, 5) is 20.4. The molecule has 3 nitrogen and oxygen atoms in total. The first-order chi connectivity index (χ1) is 10.1. The van der Waals surface area contributed by atoms with Gasteiger partial charge in [0.2, 0.25) is 0 Å². The van der Waals surface area contributed by atoms with Gasteiger partial charge in [-0.15, -0.1) is 0 Å². The van der Waals surface area contributed by atoms with Crippen LogP contribution in [0.5, 0.6) is 0 Å². The molecule has 0 atom stereocenters. The lowest BCUT2D eigenvalue weighted by molar-refractivity contribution is 0.0981. The van der Waals surface area contributed by atoms with Crippen LogP contribution in [0.25, 0.3) is 0 Å². The Bertz CT molecular complexity index is 680. The van der Waals surface area contributed by atoms with E-state index >= 15 is 0 Å². The van der Waals surface area contributed by atoms with Gasteiger partial charge < -0.3 is 0 Å². The SMILES string of the molecule is O=C1CCCCc2nc(Cc3cc(F)cc(F)c3)ncc21. The molecule has 108 valence electrons. The van der Waals surface area contributed by atoms with Gasteiger partial charge in [-0.25, -0.2) is 18.7 Å². The summed E-state index contributed by atoms with van der Waals surface area (Å²) in [6.45, 7) is 0. The van der Waals surface area contributed by atoms with E-state index in [9.17, 15) is 13.6 Å². The number of ketones is 1. The van der Waals surface area contributed by atoms with Crippen molar-refractivity contribution in [2.75, 3.05) is 0 Å². The van der Waals surface area contributed by atoms with Crippen molar-refractivity contribution >= 4 is 5.78 Å². The Kier molecular flexibility index (Phi) is 3.73. The fraction of sp³-hybridized carbons (Fsp3) is 0.312. The molecule has 0 amide bonds. The van der Waals surface area contributed by atoms with Crippen molar-refractivity contribution in [2.24, 2.45) is 0 Å². The summed E-state index contributed by atoms with van der Waals surface area (Å²) in [7, 11) is 0. The van der Waals surface area contributed by atoms with Gasteiger partial charge in [0.15, 0.2) is 5.78 Å². The van der Waals surface area contributed by atoms with Crippen LogP contribution in [-0.2, 0) is 12.8 Å². The number of hydrogen-bond acceptors (Lipinski definition) is 3. The van der Waals surface area contributed by atoms with Crippen LogP contribution in [-0.4, -0.2) is 15.8 Å². The molecular formula is C16H14F2N2O. The standard InChI is InChI=1S/C16H14F2N2O/c17-11-5-10(6-12(18)8-11)7-16-19-9-13-14(20-16)3-1-2-4-15(13)21/h5-6,8-9H,1-4,7H2. The first-order valence-corrected chi connectivity index (χ1v) is 6.95. The van der Waals surface area contributed by atoms with Crippen LogP contribution in [0.4, 0.5) is 8.78 Å². The lowest BCUT2D eigenvalue weighted by Gasteiger charge is -2.06. The summed E-state index contributed by atoms with van der Waals surface area (Å²) >= 11 is 0. The maximum absolute atomic E-state index is 13.2. The van der Waals surface area contributed by atoms with Gasteiger partial charge in [0.05, 0.1) is 11.3 Å². The second-order valence-electron chi connectivity index (χ2n) is 5.23. The maximum Gasteiger partial charge on any atom is 0.166 e. The highest BCUT2D eigenvalue weighted by Crippen LogP contribution is 2.19. The number of aromatic nitrogens is 2. The van der Waals surface area contributed by atoms with Crippen molar-refractivity contribution < 1.29 is 13.6 Å². The molecule has 0 saturated heterocycles. The summed E-state index contributed by atoms with van der Waals surface area (Å²) in [6, 6.07) is 3.37. The Morgan fingerprint density at radius 3 is 2.52 bits per heavy atom. The molecule has 0 spiro atoms. The van der Waals surface area contributed by atoms with Gasteiger partial charge in [0, 0.05) is 25.1 Å².